The number of fused-ring (bicyclic) bond motifs is 12. The first-order chi connectivity index (χ1) is 42.2. The van der Waals surface area contributed by atoms with Gasteiger partial charge >= 0.3 is 0 Å². The molecule has 2 aliphatic carbocycles. The molecule has 0 spiro atoms. The van der Waals surface area contributed by atoms with Gasteiger partial charge in [-0.1, -0.05) is 246 Å². The maximum atomic E-state index is 2.52. The highest BCUT2D eigenvalue weighted by Crippen LogP contribution is 2.55. The SMILES string of the molecule is CC1(C)c2ccccc2-c2ccc(N(c3ccc4c(-c5ccc6ccccc6c5)c5cc(N(c6ccc7c(c6)C(C)(C)c6ccccc6-7)c6cccc7ccccc67)ccc5c(-c5ccc6ccccc6c5)c4c3)c3cccc4ccccc34)cc21. The van der Waals surface area contributed by atoms with E-state index in [1.807, 2.05) is 0 Å². The minimum absolute atomic E-state index is 0.183. The number of hydrogen-bond acceptors (Lipinski definition) is 2. The van der Waals surface area contributed by atoms with Crippen LogP contribution in [0.5, 0.6) is 0 Å². The summed E-state index contributed by atoms with van der Waals surface area (Å²) in [5.41, 5.74) is 21.8. The molecule has 0 atom stereocenters. The fourth-order valence-corrected chi connectivity index (χ4v) is 15.1. The Labute approximate surface area is 502 Å². The molecule has 86 heavy (non-hydrogen) atoms. The average molecular weight is 1100 g/mol. The highest BCUT2D eigenvalue weighted by Gasteiger charge is 2.38. The Hall–Kier alpha value is -10.5. The Kier molecular flexibility index (Phi) is 11.0. The Morgan fingerprint density at radius 2 is 0.570 bits per heavy atom. The minimum atomic E-state index is -0.183. The van der Waals surface area contributed by atoms with Gasteiger partial charge in [0.15, 0.2) is 0 Å². The first-order valence-corrected chi connectivity index (χ1v) is 30.2. The quantitative estimate of drug-likeness (QED) is 0.140. The van der Waals surface area contributed by atoms with Crippen LogP contribution in [-0.4, -0.2) is 0 Å². The monoisotopic (exact) mass is 1100 g/mol. The van der Waals surface area contributed by atoms with E-state index in [1.54, 1.807) is 0 Å². The molecule has 0 saturated carbocycles. The normalized spacial score (nSPS) is 13.5. The highest BCUT2D eigenvalue weighted by atomic mass is 15.1. The molecule has 0 radical (unpaired) electrons. The van der Waals surface area contributed by atoms with Crippen LogP contribution in [0.25, 0.3) is 109 Å². The summed E-state index contributed by atoms with van der Waals surface area (Å²) in [4.78, 5) is 5.04. The molecule has 0 amide bonds. The lowest BCUT2D eigenvalue weighted by Gasteiger charge is -2.30. The molecule has 2 nitrogen and oxygen atoms in total. The zero-order valence-corrected chi connectivity index (χ0v) is 48.6. The molecule has 2 heteroatoms. The van der Waals surface area contributed by atoms with E-state index in [1.165, 1.54) is 131 Å². The lowest BCUT2D eigenvalue weighted by molar-refractivity contribution is 0.660. The zero-order chi connectivity index (χ0) is 57.4. The molecule has 0 heterocycles. The lowest BCUT2D eigenvalue weighted by Crippen LogP contribution is -2.16. The van der Waals surface area contributed by atoms with E-state index in [-0.39, 0.29) is 10.8 Å². The average Bonchev–Trinajstić information content (AvgIpc) is 1.18. The highest BCUT2D eigenvalue weighted by molar-refractivity contribution is 6.24. The van der Waals surface area contributed by atoms with Gasteiger partial charge in [-0.3, -0.25) is 0 Å². The molecule has 0 unspecified atom stereocenters. The summed E-state index contributed by atoms with van der Waals surface area (Å²) >= 11 is 0. The summed E-state index contributed by atoms with van der Waals surface area (Å²) in [5.74, 6) is 0. The van der Waals surface area contributed by atoms with Crippen LogP contribution in [0, 0.1) is 0 Å². The molecule has 0 fully saturated rings. The molecule has 0 aliphatic heterocycles. The molecule has 15 aromatic carbocycles. The number of hydrogen-bond donors (Lipinski definition) is 0. The van der Waals surface area contributed by atoms with E-state index in [4.69, 9.17) is 0 Å². The van der Waals surface area contributed by atoms with Crippen LogP contribution in [0.15, 0.2) is 291 Å². The van der Waals surface area contributed by atoms with E-state index >= 15 is 0 Å². The molecule has 0 bridgehead atoms. The van der Waals surface area contributed by atoms with Crippen molar-refractivity contribution < 1.29 is 0 Å². The van der Waals surface area contributed by atoms with E-state index < -0.39 is 0 Å². The summed E-state index contributed by atoms with van der Waals surface area (Å²) in [5, 5.41) is 14.4. The first-order valence-electron chi connectivity index (χ1n) is 30.2. The summed E-state index contributed by atoms with van der Waals surface area (Å²) in [7, 11) is 0. The second-order valence-corrected chi connectivity index (χ2v) is 24.8. The van der Waals surface area contributed by atoms with Crippen LogP contribution in [0.4, 0.5) is 34.1 Å². The van der Waals surface area contributed by atoms with Crippen molar-refractivity contribution in [2.24, 2.45) is 0 Å². The van der Waals surface area contributed by atoms with Crippen LogP contribution in [0.2, 0.25) is 0 Å². The number of rotatable bonds is 8. The smallest absolute Gasteiger partial charge is 0.0540 e. The van der Waals surface area contributed by atoms with Gasteiger partial charge in [-0.15, -0.1) is 0 Å². The summed E-state index contributed by atoms with van der Waals surface area (Å²) in [6.45, 7) is 9.53. The van der Waals surface area contributed by atoms with Crippen LogP contribution in [0.3, 0.4) is 0 Å². The van der Waals surface area contributed by atoms with Crippen molar-refractivity contribution in [3.05, 3.63) is 313 Å². The maximum absolute atomic E-state index is 2.52. The predicted molar refractivity (Wildman–Crippen MR) is 367 cm³/mol. The first kappa shape index (κ1) is 50.0. The third-order valence-electron chi connectivity index (χ3n) is 19.3. The summed E-state index contributed by atoms with van der Waals surface area (Å²) in [6, 6.07) is 110. The van der Waals surface area contributed by atoms with Crippen LogP contribution < -0.4 is 9.80 Å². The van der Waals surface area contributed by atoms with Crippen molar-refractivity contribution in [3.8, 4) is 44.5 Å². The maximum Gasteiger partial charge on any atom is 0.0540 e. The Morgan fingerprint density at radius 1 is 0.221 bits per heavy atom. The molecule has 15 aromatic rings. The fraction of sp³-hybridized carbons (Fsp3) is 0.0714. The van der Waals surface area contributed by atoms with Gasteiger partial charge in [0.2, 0.25) is 0 Å². The van der Waals surface area contributed by atoms with Crippen molar-refractivity contribution in [1.29, 1.82) is 0 Å². The summed E-state index contributed by atoms with van der Waals surface area (Å²) in [6.07, 6.45) is 0. The van der Waals surface area contributed by atoms with E-state index in [9.17, 15) is 0 Å². The van der Waals surface area contributed by atoms with Crippen molar-refractivity contribution in [2.45, 2.75) is 38.5 Å². The van der Waals surface area contributed by atoms with Crippen LogP contribution >= 0.6 is 0 Å². The van der Waals surface area contributed by atoms with Crippen LogP contribution in [0.1, 0.15) is 49.9 Å². The van der Waals surface area contributed by atoms with Crippen molar-refractivity contribution in [3.63, 3.8) is 0 Å². The molecular weight excluding hydrogens is 1040 g/mol. The minimum Gasteiger partial charge on any atom is -0.310 e. The Balaban J connectivity index is 0.968. The molecule has 2 aliphatic rings. The molecule has 0 N–H and O–H groups in total. The second-order valence-electron chi connectivity index (χ2n) is 24.8. The van der Waals surface area contributed by atoms with E-state index in [0.29, 0.717) is 0 Å². The van der Waals surface area contributed by atoms with E-state index in [0.717, 1.165) is 34.1 Å². The van der Waals surface area contributed by atoms with Crippen molar-refractivity contribution in [2.75, 3.05) is 9.80 Å². The number of anilines is 6. The van der Waals surface area contributed by atoms with Crippen LogP contribution in [-0.2, 0) is 10.8 Å². The molecule has 17 rings (SSSR count). The Bertz CT molecular complexity index is 4990. The summed E-state index contributed by atoms with van der Waals surface area (Å²) < 4.78 is 0. The molecule has 406 valence electrons. The van der Waals surface area contributed by atoms with Gasteiger partial charge in [-0.25, -0.2) is 0 Å². The van der Waals surface area contributed by atoms with Gasteiger partial charge in [-0.2, -0.15) is 0 Å². The van der Waals surface area contributed by atoms with E-state index in [2.05, 4.69) is 329 Å². The molecule has 0 saturated heterocycles. The fourth-order valence-electron chi connectivity index (χ4n) is 15.1. The van der Waals surface area contributed by atoms with Gasteiger partial charge in [0.05, 0.1) is 11.4 Å². The Morgan fingerprint density at radius 3 is 1.02 bits per heavy atom. The topological polar surface area (TPSA) is 6.48 Å². The molecule has 0 aromatic heterocycles. The largest absolute Gasteiger partial charge is 0.310 e. The number of nitrogens with zero attached hydrogens (tertiary/aromatic N) is 2. The second kappa shape index (κ2) is 19.0. The van der Waals surface area contributed by atoms with Crippen molar-refractivity contribution in [1.82, 2.24) is 0 Å². The third kappa shape index (κ3) is 7.59. The lowest BCUT2D eigenvalue weighted by atomic mass is 9.82. The predicted octanol–water partition coefficient (Wildman–Crippen LogP) is 23.5. The van der Waals surface area contributed by atoms with Gasteiger partial charge in [0, 0.05) is 44.4 Å². The molecular formula is C84H60N2. The van der Waals surface area contributed by atoms with Gasteiger partial charge in [0.1, 0.15) is 0 Å². The standard InChI is InChI=1S/C84H60N2/c1-83(2)75-31-15-13-29-67(75)69-43-39-63(51-77(69)83)85(79-33-17-25-55-21-9-11-27-65(55)79)61-41-45-71-73(49-61)81(59-37-35-53-19-5-7-23-57(53)47-59)72-46-42-62(50-74(72)82(71)60-38-36-54-20-6-8-24-58(54)48-60)86(80-34-18-26-56-22-10-12-28-66(56)80)64-40-44-70-68-30-14-16-32-76(68)84(3,4)78(70)52-64/h5-52H,1-4H3. The number of benzene rings is 15. The van der Waals surface area contributed by atoms with Gasteiger partial charge < -0.3 is 9.80 Å². The third-order valence-corrected chi connectivity index (χ3v) is 19.3. The zero-order valence-electron chi connectivity index (χ0n) is 48.6. The van der Waals surface area contributed by atoms with Gasteiger partial charge in [0.25, 0.3) is 0 Å². The van der Waals surface area contributed by atoms with Crippen molar-refractivity contribution >= 4 is 98.8 Å². The van der Waals surface area contributed by atoms with Gasteiger partial charge in [-0.05, 0) is 193 Å².